The van der Waals surface area contributed by atoms with Gasteiger partial charge in [0.2, 0.25) is 0 Å². The second kappa shape index (κ2) is 11.3. The van der Waals surface area contributed by atoms with Crippen LogP contribution in [0.3, 0.4) is 0 Å². The molecule has 0 unspecified atom stereocenters. The van der Waals surface area contributed by atoms with Crippen molar-refractivity contribution in [1.29, 1.82) is 0 Å². The Balaban J connectivity index is 0.999. The SMILES string of the molecule is CC1(C)c2ccccc2-c2ccc(N(c3ccc(-c4ccccc4)cc3)c3ccc(-c4ccc(C56CC7CC(CC(C7)C5)C6)cc4)cc3)cc21. The standard InChI is InChI=1S/C49H45N/c1-48(2)46-11-7-6-10-44(46)45-25-24-43(29-47(45)48)50(41-20-14-38(15-21-41)36-8-4-3-5-9-36)42-22-16-39(17-23-42)37-12-18-40(19-13-37)49-30-33-26-34(31-49)28-35(27-33)32-49/h3-25,29,33-35H,26-28,30-32H2,1-2H3. The number of hydrogen-bond acceptors (Lipinski definition) is 1. The summed E-state index contributed by atoms with van der Waals surface area (Å²) in [5.41, 5.74) is 16.0. The van der Waals surface area contributed by atoms with Crippen molar-refractivity contribution in [3.05, 3.63) is 162 Å². The van der Waals surface area contributed by atoms with Gasteiger partial charge in [0.05, 0.1) is 0 Å². The fraction of sp³-hybridized carbons (Fsp3) is 0.265. The zero-order valence-corrected chi connectivity index (χ0v) is 29.3. The van der Waals surface area contributed by atoms with Crippen LogP contribution in [0.5, 0.6) is 0 Å². The number of rotatable bonds is 6. The minimum atomic E-state index is -0.0586. The van der Waals surface area contributed by atoms with Crippen molar-refractivity contribution in [3.8, 4) is 33.4 Å². The summed E-state index contributed by atoms with van der Waals surface area (Å²) in [5.74, 6) is 2.91. The van der Waals surface area contributed by atoms with Crippen LogP contribution in [-0.4, -0.2) is 0 Å². The maximum atomic E-state index is 2.47. The molecule has 246 valence electrons. The van der Waals surface area contributed by atoms with E-state index in [2.05, 4.69) is 164 Å². The van der Waals surface area contributed by atoms with Crippen molar-refractivity contribution in [1.82, 2.24) is 0 Å². The molecule has 0 aromatic heterocycles. The van der Waals surface area contributed by atoms with Gasteiger partial charge in [-0.05, 0) is 148 Å². The largest absolute Gasteiger partial charge is 0.310 e. The van der Waals surface area contributed by atoms with Gasteiger partial charge in [-0.15, -0.1) is 0 Å². The second-order valence-electron chi connectivity index (χ2n) is 16.5. The average molecular weight is 648 g/mol. The molecule has 50 heavy (non-hydrogen) atoms. The van der Waals surface area contributed by atoms with Crippen molar-refractivity contribution >= 4 is 17.1 Å². The highest BCUT2D eigenvalue weighted by Crippen LogP contribution is 2.61. The molecule has 0 heterocycles. The van der Waals surface area contributed by atoms with E-state index >= 15 is 0 Å². The molecule has 1 nitrogen and oxygen atoms in total. The first-order valence-corrected chi connectivity index (χ1v) is 18.8. The third kappa shape index (κ3) is 4.81. The van der Waals surface area contributed by atoms with Gasteiger partial charge in [-0.25, -0.2) is 0 Å². The fourth-order valence-corrected chi connectivity index (χ4v) is 11.0. The topological polar surface area (TPSA) is 3.24 Å². The molecular formula is C49H45N. The molecule has 5 aliphatic carbocycles. The molecule has 6 aromatic rings. The molecule has 0 atom stereocenters. The highest BCUT2D eigenvalue weighted by Gasteiger charge is 2.51. The van der Waals surface area contributed by atoms with Crippen LogP contribution in [0.15, 0.2) is 146 Å². The Hall–Kier alpha value is -4.88. The summed E-state index contributed by atoms with van der Waals surface area (Å²) in [6.45, 7) is 4.73. The first-order valence-electron chi connectivity index (χ1n) is 18.8. The van der Waals surface area contributed by atoms with Crippen LogP contribution in [0.25, 0.3) is 33.4 Å². The molecule has 0 saturated heterocycles. The zero-order chi connectivity index (χ0) is 33.5. The number of hydrogen-bond donors (Lipinski definition) is 0. The van der Waals surface area contributed by atoms with E-state index in [-0.39, 0.29) is 5.41 Å². The van der Waals surface area contributed by atoms with Gasteiger partial charge < -0.3 is 4.90 Å². The van der Waals surface area contributed by atoms with E-state index in [1.165, 1.54) is 94.4 Å². The molecule has 4 fully saturated rings. The summed E-state index contributed by atoms with van der Waals surface area (Å²) in [5, 5.41) is 0. The number of nitrogens with zero attached hydrogens (tertiary/aromatic N) is 1. The normalized spacial score (nSPS) is 23.8. The molecule has 4 bridgehead atoms. The van der Waals surface area contributed by atoms with Crippen LogP contribution >= 0.6 is 0 Å². The van der Waals surface area contributed by atoms with E-state index in [0.29, 0.717) is 5.41 Å². The van der Waals surface area contributed by atoms with Crippen LogP contribution < -0.4 is 4.90 Å². The molecule has 0 radical (unpaired) electrons. The predicted molar refractivity (Wildman–Crippen MR) is 209 cm³/mol. The first-order chi connectivity index (χ1) is 24.4. The lowest BCUT2D eigenvalue weighted by atomic mass is 9.48. The van der Waals surface area contributed by atoms with Gasteiger partial charge in [0.1, 0.15) is 0 Å². The average Bonchev–Trinajstić information content (AvgIpc) is 3.38. The minimum absolute atomic E-state index is 0.0586. The Labute approximate surface area is 297 Å². The fourth-order valence-electron chi connectivity index (χ4n) is 11.0. The van der Waals surface area contributed by atoms with E-state index in [0.717, 1.165) is 23.4 Å². The van der Waals surface area contributed by atoms with Gasteiger partial charge in [0.25, 0.3) is 0 Å². The van der Waals surface area contributed by atoms with Crippen molar-refractivity contribution < 1.29 is 0 Å². The van der Waals surface area contributed by atoms with Crippen molar-refractivity contribution in [2.75, 3.05) is 4.90 Å². The molecule has 5 aliphatic rings. The van der Waals surface area contributed by atoms with Gasteiger partial charge >= 0.3 is 0 Å². The third-order valence-corrected chi connectivity index (χ3v) is 13.1. The number of fused-ring (bicyclic) bond motifs is 3. The first kappa shape index (κ1) is 30.0. The monoisotopic (exact) mass is 647 g/mol. The van der Waals surface area contributed by atoms with E-state index < -0.39 is 0 Å². The summed E-state index contributed by atoms with van der Waals surface area (Å²) < 4.78 is 0. The van der Waals surface area contributed by atoms with Crippen LogP contribution in [-0.2, 0) is 10.8 Å². The molecule has 11 rings (SSSR count). The van der Waals surface area contributed by atoms with Gasteiger partial charge in [-0.3, -0.25) is 0 Å². The molecular weight excluding hydrogens is 603 g/mol. The summed E-state index contributed by atoms with van der Waals surface area (Å²) in [7, 11) is 0. The maximum absolute atomic E-state index is 2.47. The van der Waals surface area contributed by atoms with Crippen LogP contribution in [0.1, 0.15) is 69.1 Å². The summed E-state index contributed by atoms with van der Waals surface area (Å²) >= 11 is 0. The molecule has 0 spiro atoms. The van der Waals surface area contributed by atoms with Gasteiger partial charge in [-0.2, -0.15) is 0 Å². The molecule has 0 aliphatic heterocycles. The zero-order valence-electron chi connectivity index (χ0n) is 29.3. The summed E-state index contributed by atoms with van der Waals surface area (Å²) in [6, 6.07) is 54.7. The van der Waals surface area contributed by atoms with Crippen molar-refractivity contribution in [2.45, 2.75) is 63.2 Å². The van der Waals surface area contributed by atoms with Crippen molar-refractivity contribution in [2.24, 2.45) is 17.8 Å². The van der Waals surface area contributed by atoms with Gasteiger partial charge in [-0.1, -0.05) is 123 Å². The van der Waals surface area contributed by atoms with Crippen LogP contribution in [0, 0.1) is 17.8 Å². The number of anilines is 3. The predicted octanol–water partition coefficient (Wildman–Crippen LogP) is 13.3. The molecule has 0 N–H and O–H groups in total. The van der Waals surface area contributed by atoms with E-state index in [1.807, 2.05) is 0 Å². The summed E-state index contributed by atoms with van der Waals surface area (Å²) in [6.07, 6.45) is 8.74. The lowest BCUT2D eigenvalue weighted by Crippen LogP contribution is -2.48. The maximum Gasteiger partial charge on any atom is 0.0465 e. The van der Waals surface area contributed by atoms with Crippen LogP contribution in [0.2, 0.25) is 0 Å². The highest BCUT2D eigenvalue weighted by molar-refractivity contribution is 5.86. The Morgan fingerprint density at radius 1 is 0.440 bits per heavy atom. The van der Waals surface area contributed by atoms with Crippen molar-refractivity contribution in [3.63, 3.8) is 0 Å². The molecule has 6 aromatic carbocycles. The van der Waals surface area contributed by atoms with E-state index in [9.17, 15) is 0 Å². The minimum Gasteiger partial charge on any atom is -0.310 e. The number of benzene rings is 6. The van der Waals surface area contributed by atoms with E-state index in [1.54, 1.807) is 5.56 Å². The highest BCUT2D eigenvalue weighted by atomic mass is 15.1. The summed E-state index contributed by atoms with van der Waals surface area (Å²) in [4.78, 5) is 2.42. The molecule has 4 saturated carbocycles. The van der Waals surface area contributed by atoms with Crippen LogP contribution in [0.4, 0.5) is 17.1 Å². The Bertz CT molecular complexity index is 2150. The smallest absolute Gasteiger partial charge is 0.0465 e. The lowest BCUT2D eigenvalue weighted by Gasteiger charge is -2.57. The Kier molecular flexibility index (Phi) is 6.79. The molecule has 1 heteroatoms. The van der Waals surface area contributed by atoms with Gasteiger partial charge in [0, 0.05) is 22.5 Å². The third-order valence-electron chi connectivity index (χ3n) is 13.1. The van der Waals surface area contributed by atoms with E-state index in [4.69, 9.17) is 0 Å². The molecule has 0 amide bonds. The lowest BCUT2D eigenvalue weighted by molar-refractivity contribution is -0.00518. The quantitative estimate of drug-likeness (QED) is 0.174. The second-order valence-corrected chi connectivity index (χ2v) is 16.5. The van der Waals surface area contributed by atoms with Gasteiger partial charge in [0.15, 0.2) is 0 Å². The Morgan fingerprint density at radius 3 is 1.48 bits per heavy atom. The Morgan fingerprint density at radius 2 is 0.900 bits per heavy atom.